The van der Waals surface area contributed by atoms with E-state index in [1.54, 1.807) is 0 Å². The average molecular weight is 320 g/mol. The molecule has 0 aliphatic heterocycles. The second kappa shape index (κ2) is 8.09. The third kappa shape index (κ3) is 5.71. The van der Waals surface area contributed by atoms with Crippen molar-refractivity contribution in [1.82, 2.24) is 5.32 Å². The van der Waals surface area contributed by atoms with Crippen molar-refractivity contribution in [1.29, 1.82) is 0 Å². The van der Waals surface area contributed by atoms with Gasteiger partial charge in [0.05, 0.1) is 6.10 Å². The van der Waals surface area contributed by atoms with Gasteiger partial charge in [-0.3, -0.25) is 0 Å². The van der Waals surface area contributed by atoms with Crippen LogP contribution in [0.1, 0.15) is 39.7 Å². The number of hydrogen-bond acceptors (Lipinski definition) is 2. The first-order valence-corrected chi connectivity index (χ1v) is 11.1. The Morgan fingerprint density at radius 1 is 1.23 bits per heavy atom. The van der Waals surface area contributed by atoms with Crippen LogP contribution in [0.5, 0.6) is 0 Å². The first-order chi connectivity index (χ1) is 10.2. The molecule has 0 unspecified atom stereocenters. The molecule has 0 saturated carbocycles. The molecular weight excluding hydrogens is 286 g/mol. The topological polar surface area (TPSA) is 21.3 Å². The van der Waals surface area contributed by atoms with Crippen molar-refractivity contribution in [2.75, 3.05) is 0 Å². The molecule has 0 heterocycles. The van der Waals surface area contributed by atoms with Crippen molar-refractivity contribution in [3.05, 3.63) is 48.6 Å². The van der Waals surface area contributed by atoms with Crippen molar-refractivity contribution in [3.8, 4) is 0 Å². The second-order valence-electron chi connectivity index (χ2n) is 7.58. The molecule has 1 aromatic rings. The van der Waals surface area contributed by atoms with Crippen LogP contribution in [0.3, 0.4) is 0 Å². The molecule has 0 aliphatic rings. The van der Waals surface area contributed by atoms with Crippen molar-refractivity contribution in [2.45, 2.75) is 70.9 Å². The predicted molar refractivity (Wildman–Crippen MR) is 99.6 cm³/mol. The quantitative estimate of drug-likeness (QED) is 0.529. The van der Waals surface area contributed by atoms with E-state index in [0.717, 1.165) is 13.0 Å². The fraction of sp³-hybridized carbons (Fsp3) is 0.579. The molecule has 0 saturated heterocycles. The highest BCUT2D eigenvalue weighted by Crippen LogP contribution is 2.37. The highest BCUT2D eigenvalue weighted by Gasteiger charge is 2.39. The third-order valence-corrected chi connectivity index (χ3v) is 9.26. The maximum absolute atomic E-state index is 6.53. The van der Waals surface area contributed by atoms with Crippen molar-refractivity contribution >= 4 is 8.32 Å². The summed E-state index contributed by atoms with van der Waals surface area (Å²) in [5, 5.41) is 3.87. The van der Waals surface area contributed by atoms with Crippen molar-refractivity contribution < 1.29 is 4.43 Å². The van der Waals surface area contributed by atoms with Gasteiger partial charge in [0.2, 0.25) is 0 Å². The molecule has 0 amide bonds. The highest BCUT2D eigenvalue weighted by molar-refractivity contribution is 6.74. The summed E-state index contributed by atoms with van der Waals surface area (Å²) >= 11 is 0. The Balaban J connectivity index is 2.67. The van der Waals surface area contributed by atoms with E-state index in [9.17, 15) is 0 Å². The molecular formula is C19H33NOSi. The van der Waals surface area contributed by atoms with Crippen LogP contribution in [-0.2, 0) is 11.0 Å². The second-order valence-corrected chi connectivity index (χ2v) is 12.3. The molecule has 2 nitrogen and oxygen atoms in total. The number of nitrogens with one attached hydrogen (secondary N) is 1. The summed E-state index contributed by atoms with van der Waals surface area (Å²) in [6.45, 7) is 18.4. The van der Waals surface area contributed by atoms with E-state index in [2.05, 4.69) is 77.0 Å². The zero-order valence-electron chi connectivity index (χ0n) is 15.1. The van der Waals surface area contributed by atoms with Crippen molar-refractivity contribution in [2.24, 2.45) is 0 Å². The van der Waals surface area contributed by atoms with Gasteiger partial charge in [-0.15, -0.1) is 6.58 Å². The zero-order valence-corrected chi connectivity index (χ0v) is 16.1. The summed E-state index contributed by atoms with van der Waals surface area (Å²) in [7, 11) is -1.74. The van der Waals surface area contributed by atoms with Crippen LogP contribution in [0, 0.1) is 0 Å². The maximum atomic E-state index is 6.53. The van der Waals surface area contributed by atoms with Gasteiger partial charge >= 0.3 is 0 Å². The molecule has 1 aromatic carbocycles. The summed E-state index contributed by atoms with van der Waals surface area (Å²) in [5.41, 5.74) is 1.30. The molecule has 1 N–H and O–H groups in total. The lowest BCUT2D eigenvalue weighted by atomic mass is 10.1. The van der Waals surface area contributed by atoms with E-state index in [1.165, 1.54) is 5.56 Å². The number of hydrogen-bond donors (Lipinski definition) is 1. The SMILES string of the molecule is C=CC[C@@H](NCc1ccccc1)[C@H](C)O[Si](C)(C)C(C)(C)C. The molecule has 124 valence electrons. The Morgan fingerprint density at radius 3 is 2.32 bits per heavy atom. The molecule has 22 heavy (non-hydrogen) atoms. The Morgan fingerprint density at radius 2 is 1.82 bits per heavy atom. The highest BCUT2D eigenvalue weighted by atomic mass is 28.4. The minimum Gasteiger partial charge on any atom is -0.413 e. The number of rotatable bonds is 8. The Kier molecular flexibility index (Phi) is 7.04. The summed E-state index contributed by atoms with van der Waals surface area (Å²) < 4.78 is 6.53. The fourth-order valence-electron chi connectivity index (χ4n) is 2.19. The van der Waals surface area contributed by atoms with Gasteiger partial charge in [-0.05, 0) is 37.0 Å². The number of benzene rings is 1. The lowest BCUT2D eigenvalue weighted by Crippen LogP contribution is -2.49. The lowest BCUT2D eigenvalue weighted by Gasteiger charge is -2.40. The standard InChI is InChI=1S/C19H33NOSi/c1-8-12-18(20-15-17-13-10-9-11-14-17)16(2)21-22(6,7)19(3,4)5/h8-11,13-14,16,18,20H,1,12,15H2,2-7H3/t16-,18+/m0/s1. The molecule has 0 aliphatic carbocycles. The molecule has 0 aromatic heterocycles. The molecule has 0 radical (unpaired) electrons. The van der Waals surface area contributed by atoms with Crippen molar-refractivity contribution in [3.63, 3.8) is 0 Å². The zero-order chi connectivity index (χ0) is 16.8. The average Bonchev–Trinajstić information content (AvgIpc) is 2.42. The smallest absolute Gasteiger partial charge is 0.192 e. The van der Waals surface area contributed by atoms with E-state index in [0.29, 0.717) is 6.04 Å². The molecule has 3 heteroatoms. The molecule has 0 spiro atoms. The van der Waals surface area contributed by atoms with E-state index in [4.69, 9.17) is 4.43 Å². The predicted octanol–water partition coefficient (Wildman–Crippen LogP) is 5.13. The monoisotopic (exact) mass is 319 g/mol. The van der Waals surface area contributed by atoms with Gasteiger partial charge in [-0.1, -0.05) is 57.2 Å². The van der Waals surface area contributed by atoms with Gasteiger partial charge in [0, 0.05) is 12.6 Å². The summed E-state index contributed by atoms with van der Waals surface area (Å²) in [4.78, 5) is 0. The first kappa shape index (κ1) is 19.1. The Labute approximate surface area is 138 Å². The Bertz CT molecular complexity index is 450. The van der Waals surface area contributed by atoms with Gasteiger partial charge < -0.3 is 9.74 Å². The largest absolute Gasteiger partial charge is 0.413 e. The lowest BCUT2D eigenvalue weighted by molar-refractivity contribution is 0.152. The van der Waals surface area contributed by atoms with Gasteiger partial charge in [0.1, 0.15) is 0 Å². The summed E-state index contributed by atoms with van der Waals surface area (Å²) in [6.07, 6.45) is 3.08. The third-order valence-electron chi connectivity index (χ3n) is 4.69. The minimum atomic E-state index is -1.74. The van der Waals surface area contributed by atoms with Gasteiger partial charge in [0.15, 0.2) is 8.32 Å². The first-order valence-electron chi connectivity index (χ1n) is 8.23. The molecule has 2 atom stereocenters. The maximum Gasteiger partial charge on any atom is 0.192 e. The normalized spacial score (nSPS) is 15.4. The molecule has 0 bridgehead atoms. The van der Waals surface area contributed by atoms with Crippen LogP contribution in [0.4, 0.5) is 0 Å². The fourth-order valence-corrected chi connectivity index (χ4v) is 3.64. The van der Waals surface area contributed by atoms with Crippen LogP contribution in [0.15, 0.2) is 43.0 Å². The van der Waals surface area contributed by atoms with Gasteiger partial charge in [-0.25, -0.2) is 0 Å². The van der Waals surface area contributed by atoms with Crippen LogP contribution in [-0.4, -0.2) is 20.5 Å². The Hall–Kier alpha value is -0.903. The summed E-state index contributed by atoms with van der Waals surface area (Å²) in [5.74, 6) is 0. The van der Waals surface area contributed by atoms with E-state index in [1.807, 2.05) is 12.1 Å². The molecule has 0 fully saturated rings. The van der Waals surface area contributed by atoms with Crippen LogP contribution >= 0.6 is 0 Å². The van der Waals surface area contributed by atoms with E-state index >= 15 is 0 Å². The van der Waals surface area contributed by atoms with E-state index in [-0.39, 0.29) is 11.1 Å². The van der Waals surface area contributed by atoms with Crippen LogP contribution < -0.4 is 5.32 Å². The minimum absolute atomic E-state index is 0.183. The summed E-state index contributed by atoms with van der Waals surface area (Å²) in [6, 6.07) is 10.8. The van der Waals surface area contributed by atoms with Gasteiger partial charge in [-0.2, -0.15) is 0 Å². The molecule has 1 rings (SSSR count). The van der Waals surface area contributed by atoms with E-state index < -0.39 is 8.32 Å². The van der Waals surface area contributed by atoms with Gasteiger partial charge in [0.25, 0.3) is 0 Å². The van der Waals surface area contributed by atoms with Crippen LogP contribution in [0.2, 0.25) is 18.1 Å². The van der Waals surface area contributed by atoms with Crippen LogP contribution in [0.25, 0.3) is 0 Å².